The number of benzene rings is 1. The fourth-order valence-electron chi connectivity index (χ4n) is 2.81. The maximum Gasteiger partial charge on any atom is 0.238 e. The molecule has 20 heavy (non-hydrogen) atoms. The summed E-state index contributed by atoms with van der Waals surface area (Å²) in [7, 11) is 0. The van der Waals surface area contributed by atoms with E-state index in [1.165, 1.54) is 24.8 Å². The van der Waals surface area contributed by atoms with E-state index in [0.717, 1.165) is 17.5 Å². The van der Waals surface area contributed by atoms with E-state index in [4.69, 9.17) is 0 Å². The van der Waals surface area contributed by atoms with Crippen LogP contribution in [0.3, 0.4) is 0 Å². The van der Waals surface area contributed by atoms with E-state index in [1.807, 2.05) is 31.2 Å². The fourth-order valence-corrected chi connectivity index (χ4v) is 2.81. The number of hydrogen-bond donors (Lipinski definition) is 2. The first-order valence-electron chi connectivity index (χ1n) is 7.64. The first-order valence-corrected chi connectivity index (χ1v) is 7.64. The smallest absolute Gasteiger partial charge is 0.238 e. The lowest BCUT2D eigenvalue weighted by Crippen LogP contribution is -2.40. The summed E-state index contributed by atoms with van der Waals surface area (Å²) >= 11 is 0. The first kappa shape index (κ1) is 15.0. The first-order chi connectivity index (χ1) is 9.54. The van der Waals surface area contributed by atoms with E-state index in [2.05, 4.69) is 24.5 Å². The number of carbonyl (C=O) groups is 1. The van der Waals surface area contributed by atoms with Crippen molar-refractivity contribution in [1.29, 1.82) is 0 Å². The molecule has 0 bridgehead atoms. The van der Waals surface area contributed by atoms with Crippen molar-refractivity contribution in [3.8, 4) is 0 Å². The Balaban J connectivity index is 1.74. The molecule has 2 N–H and O–H groups in total. The van der Waals surface area contributed by atoms with Crippen molar-refractivity contribution < 1.29 is 4.79 Å². The van der Waals surface area contributed by atoms with E-state index >= 15 is 0 Å². The molecule has 0 spiro atoms. The summed E-state index contributed by atoms with van der Waals surface area (Å²) in [6.45, 7) is 7.08. The van der Waals surface area contributed by atoms with E-state index in [9.17, 15) is 4.79 Å². The van der Waals surface area contributed by atoms with Gasteiger partial charge >= 0.3 is 0 Å². The Bertz CT molecular complexity index is 441. The zero-order chi connectivity index (χ0) is 14.5. The zero-order valence-electron chi connectivity index (χ0n) is 12.8. The van der Waals surface area contributed by atoms with Crippen molar-refractivity contribution in [3.63, 3.8) is 0 Å². The van der Waals surface area contributed by atoms with Crippen LogP contribution in [0, 0.1) is 18.8 Å². The van der Waals surface area contributed by atoms with Crippen molar-refractivity contribution in [2.75, 3.05) is 11.9 Å². The highest BCUT2D eigenvalue weighted by Gasteiger charge is 2.24. The summed E-state index contributed by atoms with van der Waals surface area (Å²) in [6.07, 6.45) is 3.63. The number of hydrogen-bond acceptors (Lipinski definition) is 2. The predicted octanol–water partition coefficient (Wildman–Crippen LogP) is 3.35. The van der Waals surface area contributed by atoms with Crippen molar-refractivity contribution in [2.24, 2.45) is 11.8 Å². The van der Waals surface area contributed by atoms with Crippen LogP contribution in [-0.2, 0) is 4.79 Å². The second-order valence-corrected chi connectivity index (χ2v) is 6.26. The Hall–Kier alpha value is -1.35. The van der Waals surface area contributed by atoms with Crippen LogP contribution in [0.15, 0.2) is 24.3 Å². The number of nitrogens with one attached hydrogen (secondary N) is 2. The standard InChI is InChI=1S/C17H26N2O/c1-12-4-7-15(8-5-12)19-17(20)11-18-16-9-6-13(2)14(3)10-16/h4-5,7-8,13-14,16,18H,6,9-11H2,1-3H3,(H,19,20). The summed E-state index contributed by atoms with van der Waals surface area (Å²) in [6, 6.07) is 8.39. The van der Waals surface area contributed by atoms with Crippen LogP contribution in [0.4, 0.5) is 5.69 Å². The van der Waals surface area contributed by atoms with Crippen molar-refractivity contribution in [1.82, 2.24) is 5.32 Å². The maximum atomic E-state index is 11.9. The molecule has 0 saturated heterocycles. The van der Waals surface area contributed by atoms with Gasteiger partial charge in [-0.05, 0) is 50.2 Å². The summed E-state index contributed by atoms with van der Waals surface area (Å²) in [5.74, 6) is 1.61. The third kappa shape index (κ3) is 4.34. The Morgan fingerprint density at radius 3 is 2.50 bits per heavy atom. The minimum atomic E-state index is 0.0418. The molecule has 110 valence electrons. The van der Waals surface area contributed by atoms with Crippen LogP contribution in [0.1, 0.15) is 38.7 Å². The van der Waals surface area contributed by atoms with Crippen LogP contribution in [-0.4, -0.2) is 18.5 Å². The Morgan fingerprint density at radius 1 is 1.15 bits per heavy atom. The van der Waals surface area contributed by atoms with E-state index in [-0.39, 0.29) is 5.91 Å². The molecular formula is C17H26N2O. The van der Waals surface area contributed by atoms with Crippen LogP contribution >= 0.6 is 0 Å². The molecule has 1 saturated carbocycles. The third-order valence-electron chi connectivity index (χ3n) is 4.48. The Morgan fingerprint density at radius 2 is 1.85 bits per heavy atom. The molecule has 1 fully saturated rings. The molecule has 3 nitrogen and oxygen atoms in total. The average Bonchev–Trinajstić information content (AvgIpc) is 2.43. The van der Waals surface area contributed by atoms with Crippen molar-refractivity contribution >= 4 is 11.6 Å². The van der Waals surface area contributed by atoms with Gasteiger partial charge in [-0.3, -0.25) is 4.79 Å². The van der Waals surface area contributed by atoms with Gasteiger partial charge in [0.25, 0.3) is 0 Å². The highest BCUT2D eigenvalue weighted by atomic mass is 16.1. The summed E-state index contributed by atoms with van der Waals surface area (Å²) in [5.41, 5.74) is 2.07. The summed E-state index contributed by atoms with van der Waals surface area (Å²) < 4.78 is 0. The van der Waals surface area contributed by atoms with Crippen molar-refractivity contribution in [2.45, 2.75) is 46.1 Å². The molecule has 3 heteroatoms. The maximum absolute atomic E-state index is 11.9. The van der Waals surface area contributed by atoms with Crippen LogP contribution in [0.2, 0.25) is 0 Å². The van der Waals surface area contributed by atoms with Crippen molar-refractivity contribution in [3.05, 3.63) is 29.8 Å². The number of rotatable bonds is 4. The van der Waals surface area contributed by atoms with Gasteiger partial charge in [-0.25, -0.2) is 0 Å². The lowest BCUT2D eigenvalue weighted by Gasteiger charge is -2.32. The fraction of sp³-hybridized carbons (Fsp3) is 0.588. The number of amides is 1. The quantitative estimate of drug-likeness (QED) is 0.884. The number of aryl methyl sites for hydroxylation is 1. The molecule has 1 aromatic rings. The van der Waals surface area contributed by atoms with Crippen LogP contribution < -0.4 is 10.6 Å². The molecule has 0 aliphatic heterocycles. The number of carbonyl (C=O) groups excluding carboxylic acids is 1. The van der Waals surface area contributed by atoms with E-state index < -0.39 is 0 Å². The highest BCUT2D eigenvalue weighted by Crippen LogP contribution is 2.29. The molecule has 0 radical (unpaired) electrons. The largest absolute Gasteiger partial charge is 0.325 e. The lowest BCUT2D eigenvalue weighted by molar-refractivity contribution is -0.115. The minimum Gasteiger partial charge on any atom is -0.325 e. The molecule has 2 rings (SSSR count). The van der Waals surface area contributed by atoms with Gasteiger partial charge in [0.2, 0.25) is 5.91 Å². The lowest BCUT2D eigenvalue weighted by atomic mass is 9.79. The molecule has 1 aliphatic rings. The molecule has 0 heterocycles. The molecule has 0 aromatic heterocycles. The van der Waals surface area contributed by atoms with Gasteiger partial charge in [0, 0.05) is 11.7 Å². The summed E-state index contributed by atoms with van der Waals surface area (Å²) in [5, 5.41) is 6.32. The van der Waals surface area contributed by atoms with Gasteiger partial charge < -0.3 is 10.6 Å². The van der Waals surface area contributed by atoms with Gasteiger partial charge in [-0.15, -0.1) is 0 Å². The Labute approximate surface area is 122 Å². The van der Waals surface area contributed by atoms with E-state index in [1.54, 1.807) is 0 Å². The zero-order valence-corrected chi connectivity index (χ0v) is 12.8. The predicted molar refractivity (Wildman–Crippen MR) is 83.8 cm³/mol. The molecule has 3 atom stereocenters. The monoisotopic (exact) mass is 274 g/mol. The van der Waals surface area contributed by atoms with Crippen LogP contribution in [0.25, 0.3) is 0 Å². The second-order valence-electron chi connectivity index (χ2n) is 6.26. The number of anilines is 1. The summed E-state index contributed by atoms with van der Waals surface area (Å²) in [4.78, 5) is 11.9. The third-order valence-corrected chi connectivity index (χ3v) is 4.48. The van der Waals surface area contributed by atoms with Gasteiger partial charge in [0.1, 0.15) is 0 Å². The highest BCUT2D eigenvalue weighted by molar-refractivity contribution is 5.92. The SMILES string of the molecule is Cc1ccc(NC(=O)CNC2CCC(C)C(C)C2)cc1. The Kier molecular flexibility index (Phi) is 5.18. The van der Waals surface area contributed by atoms with E-state index in [0.29, 0.717) is 12.6 Å². The van der Waals surface area contributed by atoms with Crippen LogP contribution in [0.5, 0.6) is 0 Å². The van der Waals surface area contributed by atoms with Gasteiger partial charge in [0.15, 0.2) is 0 Å². The van der Waals surface area contributed by atoms with Gasteiger partial charge in [-0.2, -0.15) is 0 Å². The van der Waals surface area contributed by atoms with Gasteiger partial charge in [0.05, 0.1) is 6.54 Å². The minimum absolute atomic E-state index is 0.0418. The average molecular weight is 274 g/mol. The second kappa shape index (κ2) is 6.89. The topological polar surface area (TPSA) is 41.1 Å². The molecule has 1 aromatic carbocycles. The molecule has 3 unspecified atom stereocenters. The molecular weight excluding hydrogens is 248 g/mol. The molecule has 1 aliphatic carbocycles. The normalized spacial score (nSPS) is 26.2. The molecule has 1 amide bonds. The van der Waals surface area contributed by atoms with Gasteiger partial charge in [-0.1, -0.05) is 31.5 Å².